The van der Waals surface area contributed by atoms with Crippen molar-refractivity contribution in [1.29, 1.82) is 0 Å². The van der Waals surface area contributed by atoms with E-state index in [0.29, 0.717) is 77.3 Å². The average molecular weight is 1490 g/mol. The Morgan fingerprint density at radius 1 is 0.398 bits per heavy atom. The summed E-state index contributed by atoms with van der Waals surface area (Å²) in [5, 5.41) is 115. The van der Waals surface area contributed by atoms with Gasteiger partial charge in [0.15, 0.2) is 0 Å². The molecule has 2 heterocycles. The van der Waals surface area contributed by atoms with Crippen LogP contribution in [0, 0.1) is 47.3 Å². The molecule has 0 radical (unpaired) electrons. The smallest absolute Gasteiger partial charge is 0.270 e. The number of nitrogens with one attached hydrogen (secondary N) is 12. The maximum atomic E-state index is 13.1. The number of rotatable bonds is 32. The van der Waals surface area contributed by atoms with E-state index in [4.69, 9.17) is 0 Å². The molecule has 0 amide bonds. The summed E-state index contributed by atoms with van der Waals surface area (Å²) in [6.45, 7) is 5.16. The Morgan fingerprint density at radius 3 is 1.01 bits per heavy atom. The summed E-state index contributed by atoms with van der Waals surface area (Å²) in [6.07, 6.45) is 0.383. The lowest BCUT2D eigenvalue weighted by Gasteiger charge is -2.51. The molecule has 98 heavy (non-hydrogen) atoms. The Hall–Kier alpha value is -2.04. The van der Waals surface area contributed by atoms with Gasteiger partial charge in [0.1, 0.15) is 60.3 Å². The zero-order chi connectivity index (χ0) is 70.7. The number of azo groups is 2. The van der Waals surface area contributed by atoms with Crippen LogP contribution in [0.5, 0.6) is 0 Å². The van der Waals surface area contributed by atoms with Gasteiger partial charge in [0, 0.05) is 36.0 Å². The summed E-state index contributed by atoms with van der Waals surface area (Å²) in [4.78, 5) is 17.6. The summed E-state index contributed by atoms with van der Waals surface area (Å²) < 4.78 is 147. The molecule has 0 bridgehead atoms. The molecule has 9 rings (SSSR count). The van der Waals surface area contributed by atoms with Crippen LogP contribution in [-0.2, 0) is 60.0 Å². The standard InChI is InChI=1S/C56H108N16O22S4/c1-3-5-11-57-51-63-53(67-55(65-51)61-41-23-39(95(79,80)81)19-33-21-43(97(85,86)87)47(49(73)45(33)41)71-69-37-15-29(25-91-75)13-30(16-37)26-92-76)59-35-7-9-36(10-8-35)60-54-64-52(58-12-6-4-2)66-56(68-54)62-42-24-40(96(82,83)84)20-34-22-44(98(88,89)90)48(50(74)46(34)42)72-70-38-17-31(27-93-77)14-32(18-38)28-94-78/h29-68,73-78H,3-28H2,1-2H3,(H,79,80,81)(H,82,83,84)(H,85,86,87)(H,88,89,90). The SMILES string of the molecule is CCCCNC1NC(NC2CCC(NC3NC(NCCCC)NC(NC4CC(S(=O)(=O)O)CC5CC(S(=O)(=O)O)C(N=NC6CC(COO)CC(COO)C6)C(O)C54)N3)CC2)NC(NC2CC(S(=O)(=O)O)CC3CC(S(=O)(=O)O)C(N=NC4CC(COO)CC(COO)C4)C(O)C32)N1. The molecule has 9 fully saturated rings. The second kappa shape index (κ2) is 36.3. The van der Waals surface area contributed by atoms with Crippen LogP contribution in [0.1, 0.15) is 142 Å². The number of aliphatic hydroxyl groups excluding tert-OH is 2. The molecule has 0 aromatic rings. The summed E-state index contributed by atoms with van der Waals surface area (Å²) in [7, 11) is -19.2. The van der Waals surface area contributed by atoms with Gasteiger partial charge in [-0.1, -0.05) is 26.7 Å². The first kappa shape index (κ1) is 80.1. The van der Waals surface area contributed by atoms with Crippen molar-refractivity contribution in [2.24, 2.45) is 67.8 Å². The van der Waals surface area contributed by atoms with Crippen LogP contribution in [0.4, 0.5) is 0 Å². The Kier molecular flexibility index (Phi) is 29.7. The molecule has 38 nitrogen and oxygen atoms in total. The molecule has 0 aromatic carbocycles. The molecular formula is C56H108N16O22S4. The van der Waals surface area contributed by atoms with Crippen LogP contribution in [0.2, 0.25) is 0 Å². The highest BCUT2D eigenvalue weighted by molar-refractivity contribution is 7.87. The molecular weight excluding hydrogens is 1380 g/mol. The average Bonchev–Trinajstić information content (AvgIpc) is 0.754. The first-order chi connectivity index (χ1) is 46.6. The molecule has 24 unspecified atom stereocenters. The van der Waals surface area contributed by atoms with Crippen LogP contribution < -0.4 is 63.8 Å². The van der Waals surface area contributed by atoms with Gasteiger partial charge in [-0.25, -0.2) is 19.6 Å². The molecule has 7 saturated carbocycles. The fourth-order valence-electron chi connectivity index (χ4n) is 17.4. The highest BCUT2D eigenvalue weighted by Crippen LogP contribution is 2.48. The molecule has 0 aromatic heterocycles. The lowest BCUT2D eigenvalue weighted by molar-refractivity contribution is -0.263. The normalized spacial score (nSPS) is 41.8. The van der Waals surface area contributed by atoms with Gasteiger partial charge in [0.05, 0.1) is 61.2 Å². The Morgan fingerprint density at radius 2 is 0.714 bits per heavy atom. The lowest BCUT2D eigenvalue weighted by Crippen LogP contribution is -2.79. The largest absolute Gasteiger partial charge is 0.390 e. The summed E-state index contributed by atoms with van der Waals surface area (Å²) in [5.74, 6) is -4.28. The van der Waals surface area contributed by atoms with Gasteiger partial charge in [0.25, 0.3) is 40.5 Å². The summed E-state index contributed by atoms with van der Waals surface area (Å²) in [6, 6.07) is -5.97. The highest BCUT2D eigenvalue weighted by Gasteiger charge is 2.58. The highest BCUT2D eigenvalue weighted by atomic mass is 32.2. The quantitative estimate of drug-likeness (QED) is 0.0129. The fraction of sp³-hybridized carbons (Fsp3) is 1.00. The second-order valence-electron chi connectivity index (χ2n) is 28.9. The Bertz CT molecular complexity index is 2790. The van der Waals surface area contributed by atoms with E-state index < -0.39 is 171 Å². The van der Waals surface area contributed by atoms with Crippen LogP contribution in [-0.4, -0.2) is 242 Å². The summed E-state index contributed by atoms with van der Waals surface area (Å²) in [5.41, 5.74) is 0. The second-order valence-corrected chi connectivity index (χ2v) is 35.6. The summed E-state index contributed by atoms with van der Waals surface area (Å²) >= 11 is 0. The minimum atomic E-state index is -4.92. The third kappa shape index (κ3) is 22.0. The predicted molar refractivity (Wildman–Crippen MR) is 349 cm³/mol. The van der Waals surface area contributed by atoms with E-state index in [1.54, 1.807) is 0 Å². The molecule has 568 valence electrons. The first-order valence-electron chi connectivity index (χ1n) is 34.7. The Labute approximate surface area is 573 Å². The number of unbranched alkanes of at least 4 members (excludes halogenated alkanes) is 2. The van der Waals surface area contributed by atoms with Crippen LogP contribution in [0.15, 0.2) is 20.5 Å². The topological polar surface area (TPSA) is 570 Å². The van der Waals surface area contributed by atoms with Gasteiger partial charge in [-0.3, -0.25) is 103 Å². The number of hydrogen-bond acceptors (Lipinski definition) is 34. The fourth-order valence-corrected chi connectivity index (χ4v) is 21.4. The van der Waals surface area contributed by atoms with Crippen molar-refractivity contribution < 1.29 is 103 Å². The third-order valence-electron chi connectivity index (χ3n) is 21.9. The van der Waals surface area contributed by atoms with E-state index in [-0.39, 0.29) is 101 Å². The van der Waals surface area contributed by atoms with Crippen molar-refractivity contribution >= 4 is 40.5 Å². The molecule has 2 saturated heterocycles. The number of aliphatic hydroxyl groups is 2. The van der Waals surface area contributed by atoms with Gasteiger partial charge in [0.2, 0.25) is 0 Å². The molecule has 2 aliphatic heterocycles. The molecule has 42 heteroatoms. The molecule has 9 aliphatic rings. The van der Waals surface area contributed by atoms with Gasteiger partial charge >= 0.3 is 0 Å². The van der Waals surface area contributed by atoms with Crippen molar-refractivity contribution in [3.05, 3.63) is 0 Å². The van der Waals surface area contributed by atoms with Crippen molar-refractivity contribution in [1.82, 2.24) is 63.8 Å². The van der Waals surface area contributed by atoms with Gasteiger partial charge in [-0.2, -0.15) is 54.1 Å². The molecule has 0 spiro atoms. The number of hydrogen-bond donors (Lipinski definition) is 22. The number of nitrogens with zero attached hydrogens (tertiary/aromatic N) is 4. The monoisotopic (exact) mass is 1480 g/mol. The lowest BCUT2D eigenvalue weighted by atomic mass is 9.65. The van der Waals surface area contributed by atoms with Crippen LogP contribution in [0.25, 0.3) is 0 Å². The van der Waals surface area contributed by atoms with Crippen molar-refractivity contribution in [2.45, 2.75) is 262 Å². The van der Waals surface area contributed by atoms with E-state index in [0.717, 1.165) is 25.7 Å². The van der Waals surface area contributed by atoms with E-state index in [1.807, 2.05) is 0 Å². The third-order valence-corrected chi connectivity index (χ3v) is 26.8. The minimum absolute atomic E-state index is 0.0432. The first-order valence-corrected chi connectivity index (χ1v) is 40.7. The maximum Gasteiger partial charge on any atom is 0.270 e. The number of fused-ring (bicyclic) bond motifs is 2. The molecule has 7 aliphatic carbocycles. The van der Waals surface area contributed by atoms with Gasteiger partial charge in [-0.15, -0.1) is 0 Å². The van der Waals surface area contributed by atoms with Crippen molar-refractivity contribution in [3.63, 3.8) is 0 Å². The zero-order valence-electron chi connectivity index (χ0n) is 55.3. The van der Waals surface area contributed by atoms with Crippen molar-refractivity contribution in [3.8, 4) is 0 Å². The minimum Gasteiger partial charge on any atom is -0.390 e. The van der Waals surface area contributed by atoms with E-state index >= 15 is 0 Å². The van der Waals surface area contributed by atoms with E-state index in [2.05, 4.69) is 118 Å². The van der Waals surface area contributed by atoms with Crippen LogP contribution >= 0.6 is 0 Å². The van der Waals surface area contributed by atoms with Crippen molar-refractivity contribution in [2.75, 3.05) is 39.5 Å². The van der Waals surface area contributed by atoms with Crippen LogP contribution in [0.3, 0.4) is 0 Å². The zero-order valence-corrected chi connectivity index (χ0v) is 58.6. The van der Waals surface area contributed by atoms with E-state index in [9.17, 15) is 83.1 Å². The van der Waals surface area contributed by atoms with Gasteiger partial charge in [-0.05, 0) is 164 Å². The Balaban J connectivity index is 0.869. The molecule has 22 N–H and O–H groups in total. The molecule has 24 atom stereocenters. The van der Waals surface area contributed by atoms with E-state index in [1.165, 1.54) is 0 Å². The predicted octanol–water partition coefficient (Wildman–Crippen LogP) is -0.784. The van der Waals surface area contributed by atoms with Gasteiger partial charge < -0.3 is 10.2 Å². The maximum absolute atomic E-state index is 13.1.